The van der Waals surface area contributed by atoms with E-state index in [-0.39, 0.29) is 5.91 Å². The molecule has 1 aromatic rings. The molecule has 108 valence electrons. The summed E-state index contributed by atoms with van der Waals surface area (Å²) < 4.78 is 5.21. The van der Waals surface area contributed by atoms with Crippen molar-refractivity contribution in [3.63, 3.8) is 0 Å². The molecule has 1 saturated carbocycles. The number of carbonyl (C=O) groups is 1. The molecule has 1 heterocycles. The highest BCUT2D eigenvalue weighted by molar-refractivity contribution is 6.00. The zero-order valence-electron chi connectivity index (χ0n) is 12.0. The van der Waals surface area contributed by atoms with Gasteiger partial charge in [-0.2, -0.15) is 0 Å². The summed E-state index contributed by atoms with van der Waals surface area (Å²) in [6.07, 6.45) is 6.02. The summed E-state index contributed by atoms with van der Waals surface area (Å²) in [4.78, 5) is 14.9. The fraction of sp³-hybridized carbons (Fsp3) is 0.562. The van der Waals surface area contributed by atoms with Crippen LogP contribution in [0.4, 0.5) is 5.69 Å². The maximum absolute atomic E-state index is 12.8. The first-order valence-corrected chi connectivity index (χ1v) is 7.46. The number of methoxy groups -OCH3 is 1. The molecule has 1 aromatic carbocycles. The molecule has 0 aromatic heterocycles. The van der Waals surface area contributed by atoms with Crippen molar-refractivity contribution in [2.45, 2.75) is 38.1 Å². The minimum Gasteiger partial charge on any atom is -0.495 e. The smallest absolute Gasteiger partial charge is 0.256 e. The first-order valence-electron chi connectivity index (χ1n) is 7.46. The lowest BCUT2D eigenvalue weighted by Gasteiger charge is -2.38. The van der Waals surface area contributed by atoms with Gasteiger partial charge in [0.15, 0.2) is 0 Å². The largest absolute Gasteiger partial charge is 0.495 e. The number of benzene rings is 1. The summed E-state index contributed by atoms with van der Waals surface area (Å²) >= 11 is 0. The molecule has 4 nitrogen and oxygen atoms in total. The van der Waals surface area contributed by atoms with Gasteiger partial charge in [-0.3, -0.25) is 4.79 Å². The molecule has 0 spiro atoms. The molecule has 1 amide bonds. The predicted octanol–water partition coefficient (Wildman–Crippen LogP) is 2.68. The van der Waals surface area contributed by atoms with Crippen LogP contribution in [-0.2, 0) is 0 Å². The molecular weight excluding hydrogens is 252 g/mol. The number of nitrogens with zero attached hydrogens (tertiary/aromatic N) is 1. The van der Waals surface area contributed by atoms with Crippen LogP contribution in [0.15, 0.2) is 18.2 Å². The summed E-state index contributed by atoms with van der Waals surface area (Å²) in [7, 11) is 1.58. The van der Waals surface area contributed by atoms with Crippen LogP contribution in [-0.4, -0.2) is 30.5 Å². The number of fused-ring (bicyclic) bond motifs is 1. The summed E-state index contributed by atoms with van der Waals surface area (Å²) in [5.74, 6) is 1.34. The van der Waals surface area contributed by atoms with Crippen molar-refractivity contribution in [2.24, 2.45) is 5.92 Å². The number of amides is 1. The van der Waals surface area contributed by atoms with E-state index in [0.29, 0.717) is 29.0 Å². The Balaban J connectivity index is 1.88. The van der Waals surface area contributed by atoms with Gasteiger partial charge in [-0.25, -0.2) is 0 Å². The summed E-state index contributed by atoms with van der Waals surface area (Å²) in [5, 5.41) is 0. The van der Waals surface area contributed by atoms with Gasteiger partial charge in [0.25, 0.3) is 5.91 Å². The van der Waals surface area contributed by atoms with Crippen molar-refractivity contribution in [1.82, 2.24) is 4.90 Å². The van der Waals surface area contributed by atoms with Crippen molar-refractivity contribution >= 4 is 11.6 Å². The maximum Gasteiger partial charge on any atom is 0.256 e. The minimum atomic E-state index is 0.0676. The van der Waals surface area contributed by atoms with Gasteiger partial charge in [-0.1, -0.05) is 12.5 Å². The Morgan fingerprint density at radius 1 is 1.30 bits per heavy atom. The lowest BCUT2D eigenvalue weighted by atomic mass is 9.91. The van der Waals surface area contributed by atoms with Crippen molar-refractivity contribution in [1.29, 1.82) is 0 Å². The molecule has 0 bridgehead atoms. The van der Waals surface area contributed by atoms with E-state index in [1.165, 1.54) is 19.3 Å². The van der Waals surface area contributed by atoms with Crippen molar-refractivity contribution < 1.29 is 9.53 Å². The molecule has 20 heavy (non-hydrogen) atoms. The molecule has 2 fully saturated rings. The summed E-state index contributed by atoms with van der Waals surface area (Å²) in [5.41, 5.74) is 7.11. The number of hydrogen-bond acceptors (Lipinski definition) is 3. The van der Waals surface area contributed by atoms with Gasteiger partial charge in [-0.05, 0) is 43.7 Å². The van der Waals surface area contributed by atoms with Crippen molar-refractivity contribution in [3.05, 3.63) is 23.8 Å². The molecule has 1 aliphatic heterocycles. The maximum atomic E-state index is 12.8. The Morgan fingerprint density at radius 3 is 2.90 bits per heavy atom. The molecular formula is C16H22N2O2. The molecule has 2 N–H and O–H groups in total. The van der Waals surface area contributed by atoms with E-state index in [0.717, 1.165) is 19.4 Å². The second kappa shape index (κ2) is 5.35. The Labute approximate surface area is 119 Å². The van der Waals surface area contributed by atoms with Gasteiger partial charge in [0, 0.05) is 12.6 Å². The van der Waals surface area contributed by atoms with E-state index in [1.807, 2.05) is 11.0 Å². The summed E-state index contributed by atoms with van der Waals surface area (Å²) in [6, 6.07) is 5.85. The van der Waals surface area contributed by atoms with Crippen LogP contribution in [0.3, 0.4) is 0 Å². The number of likely N-dealkylation sites (tertiary alicyclic amines) is 1. The Bertz CT molecular complexity index is 515. The Hall–Kier alpha value is -1.71. The Kier molecular flexibility index (Phi) is 3.55. The predicted molar refractivity (Wildman–Crippen MR) is 78.8 cm³/mol. The number of rotatable bonds is 2. The van der Waals surface area contributed by atoms with Crippen molar-refractivity contribution in [3.8, 4) is 5.75 Å². The number of hydrogen-bond donors (Lipinski definition) is 1. The van der Waals surface area contributed by atoms with Crippen LogP contribution in [0.2, 0.25) is 0 Å². The number of carbonyl (C=O) groups excluding carboxylic acids is 1. The third-order valence-electron chi connectivity index (χ3n) is 4.77. The quantitative estimate of drug-likeness (QED) is 0.844. The first kappa shape index (κ1) is 13.3. The van der Waals surface area contributed by atoms with Crippen molar-refractivity contribution in [2.75, 3.05) is 19.4 Å². The van der Waals surface area contributed by atoms with Crippen LogP contribution < -0.4 is 10.5 Å². The van der Waals surface area contributed by atoms with E-state index in [9.17, 15) is 4.79 Å². The monoisotopic (exact) mass is 274 g/mol. The zero-order valence-corrected chi connectivity index (χ0v) is 12.0. The number of piperidine rings is 1. The molecule has 0 radical (unpaired) electrons. The second-order valence-electron chi connectivity index (χ2n) is 5.82. The van der Waals surface area contributed by atoms with E-state index in [1.54, 1.807) is 19.2 Å². The number of ether oxygens (including phenoxy) is 1. The van der Waals surface area contributed by atoms with Crippen LogP contribution >= 0.6 is 0 Å². The zero-order chi connectivity index (χ0) is 14.1. The van der Waals surface area contributed by atoms with Gasteiger partial charge < -0.3 is 15.4 Å². The standard InChI is InChI=1S/C16H22N2O2/c1-20-14-9-3-7-12(15(14)17)16(19)18-10-4-6-11-5-2-8-13(11)18/h3,7,9,11,13H,2,4-6,8,10,17H2,1H3. The van der Waals surface area contributed by atoms with Gasteiger partial charge >= 0.3 is 0 Å². The average Bonchev–Trinajstić information content (AvgIpc) is 2.95. The van der Waals surface area contributed by atoms with Crippen LogP contribution in [0, 0.1) is 5.92 Å². The first-order chi connectivity index (χ1) is 9.72. The normalized spacial score (nSPS) is 25.4. The Morgan fingerprint density at radius 2 is 2.10 bits per heavy atom. The highest BCUT2D eigenvalue weighted by Gasteiger charge is 2.38. The SMILES string of the molecule is COc1cccc(C(=O)N2CCCC3CCCC32)c1N. The van der Waals surface area contributed by atoms with Gasteiger partial charge in [-0.15, -0.1) is 0 Å². The van der Waals surface area contributed by atoms with E-state index >= 15 is 0 Å². The van der Waals surface area contributed by atoms with Crippen LogP contribution in [0.5, 0.6) is 5.75 Å². The number of anilines is 1. The molecule has 2 atom stereocenters. The molecule has 2 aliphatic rings. The lowest BCUT2D eigenvalue weighted by molar-refractivity contribution is 0.0549. The second-order valence-corrected chi connectivity index (χ2v) is 5.82. The third-order valence-corrected chi connectivity index (χ3v) is 4.77. The van der Waals surface area contributed by atoms with E-state index in [4.69, 9.17) is 10.5 Å². The third kappa shape index (κ3) is 2.13. The average molecular weight is 274 g/mol. The number of para-hydroxylation sites is 1. The highest BCUT2D eigenvalue weighted by atomic mass is 16.5. The fourth-order valence-electron chi connectivity index (χ4n) is 3.77. The molecule has 4 heteroatoms. The van der Waals surface area contributed by atoms with Crippen LogP contribution in [0.1, 0.15) is 42.5 Å². The fourth-order valence-corrected chi connectivity index (χ4v) is 3.77. The van der Waals surface area contributed by atoms with Gasteiger partial charge in [0.2, 0.25) is 0 Å². The molecule has 1 saturated heterocycles. The lowest BCUT2D eigenvalue weighted by Crippen LogP contribution is -2.46. The van der Waals surface area contributed by atoms with E-state index < -0.39 is 0 Å². The highest BCUT2D eigenvalue weighted by Crippen LogP contribution is 2.38. The van der Waals surface area contributed by atoms with E-state index in [2.05, 4.69) is 0 Å². The van der Waals surface area contributed by atoms with Gasteiger partial charge in [0.05, 0.1) is 18.4 Å². The van der Waals surface area contributed by atoms with Crippen LogP contribution in [0.25, 0.3) is 0 Å². The van der Waals surface area contributed by atoms with Gasteiger partial charge in [0.1, 0.15) is 5.75 Å². The number of nitrogens with two attached hydrogens (primary N) is 1. The number of nitrogen functional groups attached to an aromatic ring is 1. The molecule has 1 aliphatic carbocycles. The summed E-state index contributed by atoms with van der Waals surface area (Å²) in [6.45, 7) is 0.858. The topological polar surface area (TPSA) is 55.6 Å². The molecule has 2 unspecified atom stereocenters. The molecule has 3 rings (SSSR count). The minimum absolute atomic E-state index is 0.0676.